The van der Waals surface area contributed by atoms with E-state index < -0.39 is 0 Å². The number of likely N-dealkylation sites (N-methyl/N-ethyl adjacent to an activating group) is 1. The van der Waals surface area contributed by atoms with Gasteiger partial charge in [-0.25, -0.2) is 4.98 Å². The highest BCUT2D eigenvalue weighted by Crippen LogP contribution is 2.26. The summed E-state index contributed by atoms with van der Waals surface area (Å²) < 4.78 is 5.30. The Kier molecular flexibility index (Phi) is 5.94. The van der Waals surface area contributed by atoms with Crippen LogP contribution in [-0.4, -0.2) is 50.1 Å². The number of carbonyl (C=O) groups excluding carboxylic acids is 1. The number of carbonyl (C=O) groups is 1. The van der Waals surface area contributed by atoms with Crippen molar-refractivity contribution in [2.45, 2.75) is 0 Å². The zero-order chi connectivity index (χ0) is 16.7. The molecule has 1 aromatic carbocycles. The second kappa shape index (κ2) is 8.14. The topological polar surface area (TPSA) is 66.5 Å². The average Bonchev–Trinajstić information content (AvgIpc) is 2.55. The molecule has 0 saturated carbocycles. The zero-order valence-corrected chi connectivity index (χ0v) is 13.7. The fourth-order valence-electron chi connectivity index (χ4n) is 2.02. The van der Waals surface area contributed by atoms with E-state index in [0.717, 1.165) is 18.0 Å². The molecule has 122 valence electrons. The number of rotatable bonds is 7. The summed E-state index contributed by atoms with van der Waals surface area (Å²) in [5, 5.41) is 6.05. The van der Waals surface area contributed by atoms with E-state index >= 15 is 0 Å². The van der Waals surface area contributed by atoms with Gasteiger partial charge in [-0.05, 0) is 38.4 Å². The lowest BCUT2D eigenvalue weighted by molar-refractivity contribution is 0.0951. The van der Waals surface area contributed by atoms with Gasteiger partial charge in [-0.1, -0.05) is 12.1 Å². The van der Waals surface area contributed by atoms with Crippen LogP contribution in [0.1, 0.15) is 10.4 Å². The molecule has 0 fully saturated rings. The summed E-state index contributed by atoms with van der Waals surface area (Å²) in [4.78, 5) is 18.4. The zero-order valence-electron chi connectivity index (χ0n) is 13.7. The molecule has 1 aromatic heterocycles. The first-order valence-electron chi connectivity index (χ1n) is 7.39. The van der Waals surface area contributed by atoms with Gasteiger partial charge in [-0.3, -0.25) is 4.79 Å². The van der Waals surface area contributed by atoms with Gasteiger partial charge in [0.2, 0.25) is 0 Å². The van der Waals surface area contributed by atoms with Crippen LogP contribution in [0.3, 0.4) is 0 Å². The molecule has 0 aliphatic heterocycles. The molecule has 2 N–H and O–H groups in total. The van der Waals surface area contributed by atoms with Crippen LogP contribution >= 0.6 is 0 Å². The van der Waals surface area contributed by atoms with Crippen molar-refractivity contribution < 1.29 is 9.53 Å². The molecule has 6 heteroatoms. The first kappa shape index (κ1) is 16.8. The first-order valence-corrected chi connectivity index (χ1v) is 7.39. The van der Waals surface area contributed by atoms with Crippen molar-refractivity contribution in [1.82, 2.24) is 15.2 Å². The largest absolute Gasteiger partial charge is 0.495 e. The molecular weight excluding hydrogens is 292 g/mol. The number of nitrogens with one attached hydrogen (secondary N) is 2. The van der Waals surface area contributed by atoms with Crippen LogP contribution in [0.2, 0.25) is 0 Å². The van der Waals surface area contributed by atoms with Crippen molar-refractivity contribution in [1.29, 1.82) is 0 Å². The van der Waals surface area contributed by atoms with Crippen LogP contribution in [0.4, 0.5) is 11.5 Å². The Hall–Kier alpha value is -2.60. The van der Waals surface area contributed by atoms with E-state index in [0.29, 0.717) is 17.9 Å². The van der Waals surface area contributed by atoms with Gasteiger partial charge in [0.05, 0.1) is 12.8 Å². The van der Waals surface area contributed by atoms with E-state index in [1.165, 1.54) is 0 Å². The van der Waals surface area contributed by atoms with Crippen LogP contribution in [0, 0.1) is 0 Å². The molecule has 0 radical (unpaired) electrons. The van der Waals surface area contributed by atoms with Gasteiger partial charge in [0.25, 0.3) is 5.91 Å². The number of hydrogen-bond acceptors (Lipinski definition) is 5. The number of hydrogen-bond donors (Lipinski definition) is 2. The van der Waals surface area contributed by atoms with Gasteiger partial charge in [0, 0.05) is 24.8 Å². The lowest BCUT2D eigenvalue weighted by Crippen LogP contribution is -2.31. The number of ether oxygens (including phenoxy) is 1. The summed E-state index contributed by atoms with van der Waals surface area (Å²) in [5.41, 5.74) is 1.36. The summed E-state index contributed by atoms with van der Waals surface area (Å²) in [7, 11) is 5.55. The Morgan fingerprint density at radius 2 is 2.04 bits per heavy atom. The van der Waals surface area contributed by atoms with Crippen molar-refractivity contribution in [3.05, 3.63) is 48.2 Å². The van der Waals surface area contributed by atoms with Crippen LogP contribution in [0.25, 0.3) is 0 Å². The minimum absolute atomic E-state index is 0.114. The van der Waals surface area contributed by atoms with Crippen molar-refractivity contribution in [2.75, 3.05) is 39.6 Å². The van der Waals surface area contributed by atoms with Crippen molar-refractivity contribution in [3.8, 4) is 5.75 Å². The molecule has 2 aromatic rings. The van der Waals surface area contributed by atoms with E-state index in [1.54, 1.807) is 25.4 Å². The number of amides is 1. The smallest absolute Gasteiger partial charge is 0.251 e. The van der Waals surface area contributed by atoms with E-state index in [1.807, 2.05) is 43.3 Å². The third-order valence-electron chi connectivity index (χ3n) is 3.24. The predicted molar refractivity (Wildman–Crippen MR) is 91.4 cm³/mol. The molecule has 1 amide bonds. The molecule has 0 saturated heterocycles. The first-order chi connectivity index (χ1) is 11.1. The molecule has 0 spiro atoms. The van der Waals surface area contributed by atoms with Gasteiger partial charge in [0.15, 0.2) is 0 Å². The summed E-state index contributed by atoms with van der Waals surface area (Å²) in [6.45, 7) is 1.40. The molecule has 6 nitrogen and oxygen atoms in total. The Bertz CT molecular complexity index is 659. The molecule has 0 aliphatic carbocycles. The van der Waals surface area contributed by atoms with Gasteiger partial charge in [-0.2, -0.15) is 0 Å². The maximum Gasteiger partial charge on any atom is 0.251 e. The fourth-order valence-corrected chi connectivity index (χ4v) is 2.02. The van der Waals surface area contributed by atoms with Crippen LogP contribution in [0.5, 0.6) is 5.75 Å². The highest BCUT2D eigenvalue weighted by Gasteiger charge is 2.08. The van der Waals surface area contributed by atoms with E-state index in [-0.39, 0.29) is 5.91 Å². The average molecular weight is 314 g/mol. The Morgan fingerprint density at radius 3 is 2.78 bits per heavy atom. The molecule has 0 bridgehead atoms. The molecule has 2 rings (SSSR count). The van der Waals surface area contributed by atoms with Crippen LogP contribution in [-0.2, 0) is 0 Å². The maximum absolute atomic E-state index is 12.1. The third kappa shape index (κ3) is 4.96. The summed E-state index contributed by atoms with van der Waals surface area (Å²) >= 11 is 0. The lowest BCUT2D eigenvalue weighted by Gasteiger charge is -2.12. The van der Waals surface area contributed by atoms with Crippen LogP contribution in [0.15, 0.2) is 42.6 Å². The maximum atomic E-state index is 12.1. The van der Waals surface area contributed by atoms with Gasteiger partial charge >= 0.3 is 0 Å². The van der Waals surface area contributed by atoms with Crippen molar-refractivity contribution in [2.24, 2.45) is 0 Å². The van der Waals surface area contributed by atoms with Crippen molar-refractivity contribution in [3.63, 3.8) is 0 Å². The number of nitrogens with zero attached hydrogens (tertiary/aromatic N) is 2. The van der Waals surface area contributed by atoms with E-state index in [4.69, 9.17) is 4.74 Å². The van der Waals surface area contributed by atoms with Gasteiger partial charge in [-0.15, -0.1) is 0 Å². The number of aromatic nitrogens is 1. The Morgan fingerprint density at radius 1 is 1.26 bits per heavy atom. The summed E-state index contributed by atoms with van der Waals surface area (Å²) in [5.74, 6) is 1.20. The minimum Gasteiger partial charge on any atom is -0.495 e. The molecule has 1 heterocycles. The number of anilines is 2. The van der Waals surface area contributed by atoms with Crippen LogP contribution < -0.4 is 15.4 Å². The lowest BCUT2D eigenvalue weighted by atomic mass is 10.2. The fraction of sp³-hybridized carbons (Fsp3) is 0.294. The Labute approximate surface area is 136 Å². The predicted octanol–water partition coefficient (Wildman–Crippen LogP) is 2.13. The van der Waals surface area contributed by atoms with Gasteiger partial charge in [0.1, 0.15) is 11.6 Å². The molecule has 0 unspecified atom stereocenters. The SMILES string of the molecule is COc1ccccc1Nc1cc(C(=O)NCCN(C)C)ccn1. The van der Waals surface area contributed by atoms with E-state index in [2.05, 4.69) is 15.6 Å². The monoisotopic (exact) mass is 314 g/mol. The van der Waals surface area contributed by atoms with Crippen molar-refractivity contribution >= 4 is 17.4 Å². The summed E-state index contributed by atoms with van der Waals surface area (Å²) in [6.07, 6.45) is 1.61. The standard InChI is InChI=1S/C17H22N4O2/c1-21(2)11-10-19-17(22)13-8-9-18-16(12-13)20-14-6-4-5-7-15(14)23-3/h4-9,12H,10-11H2,1-3H3,(H,18,20)(H,19,22). The quantitative estimate of drug-likeness (QED) is 0.819. The number of benzene rings is 1. The molecule has 23 heavy (non-hydrogen) atoms. The second-order valence-corrected chi connectivity index (χ2v) is 5.31. The van der Waals surface area contributed by atoms with E-state index in [9.17, 15) is 4.79 Å². The minimum atomic E-state index is -0.114. The number of para-hydroxylation sites is 2. The Balaban J connectivity index is 2.06. The second-order valence-electron chi connectivity index (χ2n) is 5.31. The summed E-state index contributed by atoms with van der Waals surface area (Å²) in [6, 6.07) is 11.0. The highest BCUT2D eigenvalue weighted by atomic mass is 16.5. The normalized spacial score (nSPS) is 10.4. The molecular formula is C17H22N4O2. The van der Waals surface area contributed by atoms with Gasteiger partial charge < -0.3 is 20.3 Å². The number of methoxy groups -OCH3 is 1. The third-order valence-corrected chi connectivity index (χ3v) is 3.24. The molecule has 0 aliphatic rings. The highest BCUT2D eigenvalue weighted by molar-refractivity contribution is 5.94. The number of pyridine rings is 1. The molecule has 0 atom stereocenters.